The summed E-state index contributed by atoms with van der Waals surface area (Å²) in [6.45, 7) is 5.64. The SMILES string of the molecule is CCN(Cc1cccc(S(=O)(=O)[O-])c1)c1ccc(C(=C2C=CC(=[N+](CC)Cc3cccc(S(=O)(=O)[O-])c3)C=C2)c2ccccc2S(=O)(=O)O)cc1.[Na+].[Na+]. The first kappa shape index (κ1) is 44.7. The third-order valence-corrected chi connectivity index (χ3v) is 10.9. The summed E-state index contributed by atoms with van der Waals surface area (Å²) < 4.78 is 107. The van der Waals surface area contributed by atoms with Crippen LogP contribution >= 0.6 is 0 Å². The van der Waals surface area contributed by atoms with Crippen LogP contribution in [0.3, 0.4) is 0 Å². The van der Waals surface area contributed by atoms with E-state index in [2.05, 4.69) is 0 Å². The van der Waals surface area contributed by atoms with Gasteiger partial charge in [-0.15, -0.1) is 0 Å². The molecular formula is C37H35N2Na2O9S3+. The molecule has 0 atom stereocenters. The van der Waals surface area contributed by atoms with E-state index in [4.69, 9.17) is 0 Å². The van der Waals surface area contributed by atoms with Crippen LogP contribution in [0.4, 0.5) is 5.69 Å². The summed E-state index contributed by atoms with van der Waals surface area (Å²) in [4.78, 5) is 1.11. The zero-order valence-corrected chi connectivity index (χ0v) is 36.2. The van der Waals surface area contributed by atoms with Crippen molar-refractivity contribution in [1.82, 2.24) is 0 Å². The molecule has 0 saturated heterocycles. The van der Waals surface area contributed by atoms with Gasteiger partial charge in [0.1, 0.15) is 31.7 Å². The molecule has 1 N–H and O–H groups in total. The Balaban J connectivity index is 0.00000378. The van der Waals surface area contributed by atoms with Gasteiger partial charge in [-0.05, 0) is 90.7 Å². The summed E-state index contributed by atoms with van der Waals surface area (Å²) in [6.07, 6.45) is 7.37. The van der Waals surface area contributed by atoms with E-state index in [0.717, 1.165) is 11.4 Å². The Hall–Kier alpha value is -2.70. The summed E-state index contributed by atoms with van der Waals surface area (Å²) in [7, 11) is -13.8. The number of allylic oxidation sites excluding steroid dienone is 5. The van der Waals surface area contributed by atoms with Gasteiger partial charge >= 0.3 is 59.1 Å². The van der Waals surface area contributed by atoms with Crippen LogP contribution in [0.2, 0.25) is 0 Å². The Labute approximate surface area is 355 Å². The molecule has 0 aliphatic heterocycles. The maximum Gasteiger partial charge on any atom is 1.00 e. The minimum atomic E-state index is -4.61. The molecule has 1 aliphatic carbocycles. The van der Waals surface area contributed by atoms with E-state index in [1.54, 1.807) is 24.3 Å². The first-order chi connectivity index (χ1) is 24.1. The van der Waals surface area contributed by atoms with Crippen LogP contribution in [0, 0.1) is 0 Å². The Morgan fingerprint density at radius 3 is 1.77 bits per heavy atom. The molecule has 266 valence electrons. The molecule has 16 heteroatoms. The second kappa shape index (κ2) is 18.8. The van der Waals surface area contributed by atoms with Crippen molar-refractivity contribution in [1.29, 1.82) is 0 Å². The third-order valence-electron chi connectivity index (χ3n) is 8.36. The van der Waals surface area contributed by atoms with Gasteiger partial charge in [-0.2, -0.15) is 8.42 Å². The molecule has 0 fully saturated rings. The molecule has 0 unspecified atom stereocenters. The molecule has 0 bridgehead atoms. The maximum absolute atomic E-state index is 12.5. The topological polar surface area (TPSA) is 175 Å². The summed E-state index contributed by atoms with van der Waals surface area (Å²) in [5, 5.41) is 0. The predicted molar refractivity (Wildman–Crippen MR) is 192 cm³/mol. The van der Waals surface area contributed by atoms with E-state index in [0.29, 0.717) is 54.0 Å². The van der Waals surface area contributed by atoms with E-state index in [-0.39, 0.29) is 79.4 Å². The van der Waals surface area contributed by atoms with Crippen LogP contribution in [-0.2, 0) is 43.4 Å². The molecule has 0 aromatic heterocycles. The van der Waals surface area contributed by atoms with Gasteiger partial charge < -0.3 is 14.0 Å². The van der Waals surface area contributed by atoms with E-state index in [1.165, 1.54) is 48.5 Å². The van der Waals surface area contributed by atoms with Crippen molar-refractivity contribution in [2.75, 3.05) is 18.0 Å². The van der Waals surface area contributed by atoms with Gasteiger partial charge in [0.05, 0.1) is 9.79 Å². The molecule has 1 aliphatic rings. The summed E-state index contributed by atoms with van der Waals surface area (Å²) >= 11 is 0. The maximum atomic E-state index is 12.5. The minimum Gasteiger partial charge on any atom is -0.744 e. The van der Waals surface area contributed by atoms with Crippen LogP contribution in [-0.4, -0.2) is 62.3 Å². The molecule has 53 heavy (non-hydrogen) atoms. The molecule has 0 spiro atoms. The smallest absolute Gasteiger partial charge is 0.744 e. The van der Waals surface area contributed by atoms with Crippen LogP contribution < -0.4 is 64.0 Å². The van der Waals surface area contributed by atoms with Crippen molar-refractivity contribution in [3.05, 3.63) is 149 Å². The largest absolute Gasteiger partial charge is 1.00 e. The van der Waals surface area contributed by atoms with Crippen molar-refractivity contribution >= 4 is 47.3 Å². The molecule has 11 nitrogen and oxygen atoms in total. The molecule has 0 radical (unpaired) electrons. The Morgan fingerprint density at radius 2 is 1.25 bits per heavy atom. The summed E-state index contributed by atoms with van der Waals surface area (Å²) in [5.41, 5.74) is 4.99. The third kappa shape index (κ3) is 11.4. The van der Waals surface area contributed by atoms with Crippen molar-refractivity contribution in [2.45, 2.75) is 41.6 Å². The van der Waals surface area contributed by atoms with Crippen LogP contribution in [0.5, 0.6) is 0 Å². The van der Waals surface area contributed by atoms with E-state index in [9.17, 15) is 38.9 Å². The molecule has 5 rings (SSSR count). The fourth-order valence-electron chi connectivity index (χ4n) is 5.86. The Bertz CT molecular complexity index is 2410. The molecular weight excluding hydrogens is 759 g/mol. The van der Waals surface area contributed by atoms with Crippen molar-refractivity contribution < 1.29 is 103 Å². The van der Waals surface area contributed by atoms with Gasteiger partial charge in [-0.25, -0.2) is 21.4 Å². The molecule has 0 heterocycles. The van der Waals surface area contributed by atoms with Crippen molar-refractivity contribution in [3.8, 4) is 0 Å². The van der Waals surface area contributed by atoms with Gasteiger partial charge in [0, 0.05) is 42.1 Å². The molecule has 4 aromatic carbocycles. The first-order valence-electron chi connectivity index (χ1n) is 15.8. The predicted octanol–water partition coefficient (Wildman–Crippen LogP) is -0.622. The standard InChI is InChI=1S/C37H36N2O9S3.2Na/c1-3-38(25-27-9-7-11-33(23-27)49(40,41)42)31-19-15-29(16-20-31)37(35-13-5-6-14-36(35)51(46,47)48)30-17-21-32(22-18-30)39(4-2)26-28-10-8-12-34(24-28)50(43,44)45;;/h5-24H,3-4,25-26H2,1-2H3,(H2-,40,41,42,43,44,45,46,47,48);;/q;2*+1/p-1. The molecule has 0 amide bonds. The first-order valence-corrected chi connectivity index (χ1v) is 20.1. The van der Waals surface area contributed by atoms with Gasteiger partial charge in [0.25, 0.3) is 10.1 Å². The summed E-state index contributed by atoms with van der Waals surface area (Å²) in [5.74, 6) is 0. The fourth-order valence-corrected chi connectivity index (χ4v) is 7.64. The number of rotatable bonds is 12. The minimum absolute atomic E-state index is 0. The van der Waals surface area contributed by atoms with Gasteiger partial charge in [-0.3, -0.25) is 4.55 Å². The zero-order chi connectivity index (χ0) is 37.0. The van der Waals surface area contributed by atoms with Crippen LogP contribution in [0.1, 0.15) is 36.1 Å². The van der Waals surface area contributed by atoms with Gasteiger partial charge in [0.2, 0.25) is 0 Å². The fraction of sp³-hybridized carbons (Fsp3) is 0.162. The number of nitrogens with zero attached hydrogens (tertiary/aromatic N) is 2. The van der Waals surface area contributed by atoms with Crippen LogP contribution in [0.25, 0.3) is 5.57 Å². The van der Waals surface area contributed by atoms with Crippen LogP contribution in [0.15, 0.2) is 142 Å². The van der Waals surface area contributed by atoms with E-state index < -0.39 is 30.4 Å². The molecule has 4 aromatic rings. The second-order valence-corrected chi connectivity index (χ2v) is 15.8. The molecule has 0 saturated carbocycles. The van der Waals surface area contributed by atoms with Gasteiger partial charge in [-0.1, -0.05) is 54.6 Å². The quantitative estimate of drug-likeness (QED) is 0.111. The van der Waals surface area contributed by atoms with Crippen molar-refractivity contribution in [3.63, 3.8) is 0 Å². The zero-order valence-electron chi connectivity index (χ0n) is 29.7. The summed E-state index contributed by atoms with van der Waals surface area (Å²) in [6, 6.07) is 25.3. The monoisotopic (exact) mass is 793 g/mol. The second-order valence-electron chi connectivity index (χ2n) is 11.7. The normalized spacial score (nSPS) is 12.8. The number of hydrogen-bond donors (Lipinski definition) is 1. The number of hydrogen-bond acceptors (Lipinski definition) is 9. The van der Waals surface area contributed by atoms with E-state index >= 15 is 0 Å². The Kier molecular flexibility index (Phi) is 15.8. The average Bonchev–Trinajstić information content (AvgIpc) is 3.10. The average molecular weight is 794 g/mol. The van der Waals surface area contributed by atoms with E-state index in [1.807, 2.05) is 71.9 Å². The van der Waals surface area contributed by atoms with Crippen molar-refractivity contribution in [2.24, 2.45) is 0 Å². The van der Waals surface area contributed by atoms with Gasteiger partial charge in [0.15, 0.2) is 12.3 Å². The Morgan fingerprint density at radius 1 is 0.698 bits per heavy atom. The number of anilines is 1. The number of benzene rings is 4.